The summed E-state index contributed by atoms with van der Waals surface area (Å²) in [4.78, 5) is 0. The third-order valence-electron chi connectivity index (χ3n) is 2.98. The van der Waals surface area contributed by atoms with Crippen molar-refractivity contribution < 1.29 is 30.7 Å². The first-order chi connectivity index (χ1) is 10.0. The molecule has 1 heterocycles. The van der Waals surface area contributed by atoms with Crippen LogP contribution in [-0.2, 0) is 12.4 Å². The predicted molar refractivity (Wildman–Crippen MR) is 66.8 cm³/mol. The molecule has 2 rings (SSSR count). The SMILES string of the molecule is N[C@@H](c1ccsc1)c1c(F)cc(C(F)(F)F)cc1C(F)(F)F. The Morgan fingerprint density at radius 2 is 1.64 bits per heavy atom. The first-order valence-electron chi connectivity index (χ1n) is 5.77. The predicted octanol–water partition coefficient (Wildman–Crippen LogP) is 4.97. The molecule has 0 saturated heterocycles. The van der Waals surface area contributed by atoms with Gasteiger partial charge in [0.2, 0.25) is 0 Å². The van der Waals surface area contributed by atoms with E-state index in [4.69, 9.17) is 5.73 Å². The van der Waals surface area contributed by atoms with Gasteiger partial charge in [-0.3, -0.25) is 0 Å². The highest BCUT2D eigenvalue weighted by atomic mass is 32.1. The zero-order valence-electron chi connectivity index (χ0n) is 10.6. The topological polar surface area (TPSA) is 26.0 Å². The summed E-state index contributed by atoms with van der Waals surface area (Å²) in [6.07, 6.45) is -10.3. The average molecular weight is 343 g/mol. The first-order valence-corrected chi connectivity index (χ1v) is 6.71. The highest BCUT2D eigenvalue weighted by molar-refractivity contribution is 7.08. The van der Waals surface area contributed by atoms with E-state index >= 15 is 0 Å². The molecule has 0 aliphatic heterocycles. The van der Waals surface area contributed by atoms with Crippen molar-refractivity contribution in [3.8, 4) is 0 Å². The summed E-state index contributed by atoms with van der Waals surface area (Å²) < 4.78 is 90.7. The van der Waals surface area contributed by atoms with Crippen LogP contribution < -0.4 is 5.73 Å². The summed E-state index contributed by atoms with van der Waals surface area (Å²) in [5.74, 6) is -1.64. The molecule has 1 aromatic carbocycles. The second-order valence-corrected chi connectivity index (χ2v) is 5.23. The van der Waals surface area contributed by atoms with Crippen molar-refractivity contribution >= 4 is 11.3 Å². The van der Waals surface area contributed by atoms with Crippen molar-refractivity contribution in [1.29, 1.82) is 0 Å². The van der Waals surface area contributed by atoms with E-state index in [-0.39, 0.29) is 17.7 Å². The monoisotopic (exact) mass is 343 g/mol. The molecule has 9 heteroatoms. The van der Waals surface area contributed by atoms with Gasteiger partial charge in [-0.05, 0) is 34.5 Å². The Bertz CT molecular complexity index is 658. The van der Waals surface area contributed by atoms with E-state index in [0.717, 1.165) is 11.3 Å². The van der Waals surface area contributed by atoms with Gasteiger partial charge in [-0.2, -0.15) is 37.7 Å². The van der Waals surface area contributed by atoms with E-state index in [1.54, 1.807) is 0 Å². The fourth-order valence-corrected chi connectivity index (χ4v) is 2.65. The number of halogens is 7. The Morgan fingerprint density at radius 1 is 1.00 bits per heavy atom. The molecule has 0 aliphatic rings. The summed E-state index contributed by atoms with van der Waals surface area (Å²) in [5, 5.41) is 2.92. The largest absolute Gasteiger partial charge is 0.416 e. The van der Waals surface area contributed by atoms with Gasteiger partial charge in [-0.1, -0.05) is 0 Å². The van der Waals surface area contributed by atoms with Crippen LogP contribution in [0, 0.1) is 5.82 Å². The van der Waals surface area contributed by atoms with Gasteiger partial charge in [0, 0.05) is 5.56 Å². The van der Waals surface area contributed by atoms with E-state index in [1.165, 1.54) is 16.8 Å². The van der Waals surface area contributed by atoms with E-state index in [9.17, 15) is 30.7 Å². The molecule has 0 unspecified atom stereocenters. The number of thiophene rings is 1. The van der Waals surface area contributed by atoms with Crippen molar-refractivity contribution in [2.75, 3.05) is 0 Å². The lowest BCUT2D eigenvalue weighted by atomic mass is 9.94. The Labute approximate surface area is 124 Å². The van der Waals surface area contributed by atoms with Gasteiger partial charge in [0.1, 0.15) is 5.82 Å². The maximum atomic E-state index is 13.9. The van der Waals surface area contributed by atoms with Crippen LogP contribution >= 0.6 is 11.3 Å². The molecule has 1 atom stereocenters. The Hall–Kier alpha value is -1.61. The van der Waals surface area contributed by atoms with Crippen LogP contribution in [0.5, 0.6) is 0 Å². The molecule has 0 aliphatic carbocycles. The van der Waals surface area contributed by atoms with Crippen LogP contribution in [0.2, 0.25) is 0 Å². The molecule has 0 fully saturated rings. The third kappa shape index (κ3) is 3.25. The van der Waals surface area contributed by atoms with Gasteiger partial charge in [0.05, 0.1) is 17.2 Å². The first kappa shape index (κ1) is 16.8. The van der Waals surface area contributed by atoms with Gasteiger partial charge < -0.3 is 5.73 Å². The zero-order valence-corrected chi connectivity index (χ0v) is 11.4. The van der Waals surface area contributed by atoms with Gasteiger partial charge in [0.15, 0.2) is 0 Å². The van der Waals surface area contributed by atoms with Crippen molar-refractivity contribution in [1.82, 2.24) is 0 Å². The Kier molecular flexibility index (Phi) is 4.22. The van der Waals surface area contributed by atoms with E-state index in [2.05, 4.69) is 0 Å². The van der Waals surface area contributed by atoms with Crippen LogP contribution in [0.15, 0.2) is 29.0 Å². The number of hydrogen-bond donors (Lipinski definition) is 1. The van der Waals surface area contributed by atoms with Crippen molar-refractivity contribution in [3.63, 3.8) is 0 Å². The number of benzene rings is 1. The number of nitrogens with two attached hydrogens (primary N) is 1. The molecule has 0 radical (unpaired) electrons. The lowest BCUT2D eigenvalue weighted by Gasteiger charge is -2.20. The minimum atomic E-state index is -5.16. The normalized spacial score (nSPS) is 14.2. The fraction of sp³-hybridized carbons (Fsp3) is 0.231. The van der Waals surface area contributed by atoms with Crippen molar-refractivity contribution in [3.05, 3.63) is 57.0 Å². The standard InChI is InChI=1S/C13H8F7NS/c14-9-4-7(12(15,16)17)3-8(13(18,19)20)10(9)11(21)6-1-2-22-5-6/h1-5,11H,21H2/t11-/m0/s1. The van der Waals surface area contributed by atoms with E-state index in [1.807, 2.05) is 0 Å². The van der Waals surface area contributed by atoms with Crippen LogP contribution in [0.25, 0.3) is 0 Å². The van der Waals surface area contributed by atoms with E-state index in [0.29, 0.717) is 0 Å². The minimum Gasteiger partial charge on any atom is -0.320 e. The number of alkyl halides is 6. The molecule has 2 aromatic rings. The van der Waals surface area contributed by atoms with Crippen molar-refractivity contribution in [2.24, 2.45) is 5.73 Å². The molecule has 2 N–H and O–H groups in total. The van der Waals surface area contributed by atoms with E-state index < -0.39 is 40.9 Å². The molecular formula is C13H8F7NS. The second-order valence-electron chi connectivity index (χ2n) is 4.45. The highest BCUT2D eigenvalue weighted by Gasteiger charge is 2.41. The lowest BCUT2D eigenvalue weighted by molar-refractivity contribution is -0.143. The molecule has 1 aromatic heterocycles. The third-order valence-corrected chi connectivity index (χ3v) is 3.68. The van der Waals surface area contributed by atoms with Crippen LogP contribution in [0.4, 0.5) is 30.7 Å². The second kappa shape index (κ2) is 5.54. The molecular weight excluding hydrogens is 335 g/mol. The molecule has 0 spiro atoms. The molecule has 0 bridgehead atoms. The molecule has 0 amide bonds. The Morgan fingerprint density at radius 3 is 2.09 bits per heavy atom. The van der Waals surface area contributed by atoms with Gasteiger partial charge >= 0.3 is 12.4 Å². The number of rotatable bonds is 2. The maximum absolute atomic E-state index is 13.9. The average Bonchev–Trinajstić information content (AvgIpc) is 2.88. The number of hydrogen-bond acceptors (Lipinski definition) is 2. The summed E-state index contributed by atoms with van der Waals surface area (Å²) in [6, 6.07) is -0.223. The van der Waals surface area contributed by atoms with Gasteiger partial charge in [0.25, 0.3) is 0 Å². The zero-order chi connectivity index (χ0) is 16.7. The quantitative estimate of drug-likeness (QED) is 0.765. The lowest BCUT2D eigenvalue weighted by Crippen LogP contribution is -2.21. The van der Waals surface area contributed by atoms with Crippen LogP contribution in [0.1, 0.15) is 28.3 Å². The highest BCUT2D eigenvalue weighted by Crippen LogP contribution is 2.41. The maximum Gasteiger partial charge on any atom is 0.416 e. The van der Waals surface area contributed by atoms with Gasteiger partial charge in [-0.15, -0.1) is 0 Å². The minimum absolute atomic E-state index is 0.0246. The smallest absolute Gasteiger partial charge is 0.320 e. The summed E-state index contributed by atoms with van der Waals surface area (Å²) in [6.45, 7) is 0. The van der Waals surface area contributed by atoms with Gasteiger partial charge in [-0.25, -0.2) is 4.39 Å². The summed E-state index contributed by atoms with van der Waals surface area (Å²) >= 11 is 1.13. The molecule has 0 saturated carbocycles. The molecule has 1 nitrogen and oxygen atoms in total. The summed E-state index contributed by atoms with van der Waals surface area (Å²) in [5.41, 5.74) is 1.36. The van der Waals surface area contributed by atoms with Crippen LogP contribution in [-0.4, -0.2) is 0 Å². The fourth-order valence-electron chi connectivity index (χ4n) is 1.95. The Balaban J connectivity index is 2.68. The molecule has 22 heavy (non-hydrogen) atoms. The van der Waals surface area contributed by atoms with Crippen molar-refractivity contribution in [2.45, 2.75) is 18.4 Å². The molecule has 120 valence electrons. The summed E-state index contributed by atoms with van der Waals surface area (Å²) in [7, 11) is 0. The van der Waals surface area contributed by atoms with Crippen LogP contribution in [0.3, 0.4) is 0 Å².